The zero-order chi connectivity index (χ0) is 25.5. The van der Waals surface area contributed by atoms with Crippen LogP contribution >= 0.6 is 12.2 Å². The highest BCUT2D eigenvalue weighted by Crippen LogP contribution is 2.28. The van der Waals surface area contributed by atoms with E-state index >= 15 is 4.39 Å². The van der Waals surface area contributed by atoms with Gasteiger partial charge < -0.3 is 19.7 Å². The maximum atomic E-state index is 15.1. The van der Waals surface area contributed by atoms with Crippen LogP contribution in [-0.4, -0.2) is 79.7 Å². The lowest BCUT2D eigenvalue weighted by atomic mass is 10.2. The Morgan fingerprint density at radius 2 is 2.22 bits per heavy atom. The van der Waals surface area contributed by atoms with Gasteiger partial charge in [-0.25, -0.2) is 14.6 Å². The maximum absolute atomic E-state index is 15.1. The van der Waals surface area contributed by atoms with Crippen LogP contribution in [0, 0.1) is 5.82 Å². The van der Waals surface area contributed by atoms with Crippen molar-refractivity contribution in [1.29, 1.82) is 0 Å². The SMILES string of the molecule is COC(=S)NC[C@H]1CN(c2ccc(N3CCNN(C(=O)/C=C/c4cccnc4)CC3)c(F)c2)C(=O)O1. The van der Waals surface area contributed by atoms with Gasteiger partial charge in [-0.1, -0.05) is 6.07 Å². The smallest absolute Gasteiger partial charge is 0.414 e. The van der Waals surface area contributed by atoms with Crippen LogP contribution in [0.4, 0.5) is 20.6 Å². The monoisotopic (exact) mass is 514 g/mol. The summed E-state index contributed by atoms with van der Waals surface area (Å²) in [6.07, 6.45) is 5.53. The van der Waals surface area contributed by atoms with Gasteiger partial charge in [-0.2, -0.15) is 0 Å². The number of aromatic nitrogens is 1. The number of rotatable bonds is 6. The molecule has 2 amide bonds. The Labute approximate surface area is 213 Å². The molecule has 0 spiro atoms. The van der Waals surface area contributed by atoms with Gasteiger partial charge in [-0.3, -0.25) is 19.7 Å². The Morgan fingerprint density at radius 1 is 1.36 bits per heavy atom. The number of nitrogens with zero attached hydrogens (tertiary/aromatic N) is 4. The summed E-state index contributed by atoms with van der Waals surface area (Å²) in [7, 11) is 1.45. The molecule has 2 aromatic rings. The molecule has 2 N–H and O–H groups in total. The van der Waals surface area contributed by atoms with E-state index in [4.69, 9.17) is 21.7 Å². The molecule has 4 rings (SSSR count). The molecule has 2 aliphatic rings. The Kier molecular flexibility index (Phi) is 8.28. The predicted octanol–water partition coefficient (Wildman–Crippen LogP) is 1.93. The number of hydrazine groups is 1. The summed E-state index contributed by atoms with van der Waals surface area (Å²) in [5.74, 6) is -0.655. The number of nitrogens with one attached hydrogen (secondary N) is 2. The van der Waals surface area contributed by atoms with Crippen molar-refractivity contribution < 1.29 is 23.5 Å². The molecule has 1 aromatic heterocycles. The highest BCUT2D eigenvalue weighted by molar-refractivity contribution is 7.80. The molecule has 10 nitrogen and oxygen atoms in total. The number of ether oxygens (including phenoxy) is 2. The summed E-state index contributed by atoms with van der Waals surface area (Å²) in [5, 5.41) is 4.57. The number of thiocarbonyl (C=S) groups is 1. The summed E-state index contributed by atoms with van der Waals surface area (Å²) >= 11 is 4.93. The lowest BCUT2D eigenvalue weighted by molar-refractivity contribution is -0.128. The van der Waals surface area contributed by atoms with Gasteiger partial charge in [0.15, 0.2) is 0 Å². The first kappa shape index (κ1) is 25.3. The van der Waals surface area contributed by atoms with Crippen molar-refractivity contribution in [3.05, 3.63) is 60.2 Å². The van der Waals surface area contributed by atoms with Crippen LogP contribution < -0.4 is 20.5 Å². The van der Waals surface area contributed by atoms with Crippen LogP contribution in [0.25, 0.3) is 6.08 Å². The Morgan fingerprint density at radius 3 is 2.97 bits per heavy atom. The minimum atomic E-state index is -0.551. The molecular weight excluding hydrogens is 487 g/mol. The van der Waals surface area contributed by atoms with E-state index in [-0.39, 0.29) is 17.6 Å². The third kappa shape index (κ3) is 6.26. The Hall–Kier alpha value is -3.77. The molecule has 0 radical (unpaired) electrons. The topological polar surface area (TPSA) is 99.3 Å². The van der Waals surface area contributed by atoms with Crippen molar-refractivity contribution in [1.82, 2.24) is 20.7 Å². The van der Waals surface area contributed by atoms with E-state index in [0.29, 0.717) is 44.1 Å². The molecule has 0 unspecified atom stereocenters. The van der Waals surface area contributed by atoms with Gasteiger partial charge in [0.2, 0.25) is 0 Å². The summed E-state index contributed by atoms with van der Waals surface area (Å²) < 4.78 is 25.3. The summed E-state index contributed by atoms with van der Waals surface area (Å²) in [4.78, 5) is 32.2. The first-order valence-electron chi connectivity index (χ1n) is 11.4. The van der Waals surface area contributed by atoms with Crippen molar-refractivity contribution in [3.63, 3.8) is 0 Å². The largest absolute Gasteiger partial charge is 0.474 e. The van der Waals surface area contributed by atoms with Gasteiger partial charge in [0.1, 0.15) is 11.9 Å². The fourth-order valence-electron chi connectivity index (χ4n) is 3.92. The van der Waals surface area contributed by atoms with E-state index in [2.05, 4.69) is 15.7 Å². The Balaban J connectivity index is 1.35. The number of cyclic esters (lactones) is 1. The molecule has 1 aromatic carbocycles. The number of carbonyl (C=O) groups excluding carboxylic acids is 2. The zero-order valence-electron chi connectivity index (χ0n) is 19.7. The number of hydrogen-bond donors (Lipinski definition) is 2. The molecule has 36 heavy (non-hydrogen) atoms. The first-order valence-corrected chi connectivity index (χ1v) is 11.8. The normalized spacial score (nSPS) is 18.2. The van der Waals surface area contributed by atoms with E-state index in [1.165, 1.54) is 29.2 Å². The maximum Gasteiger partial charge on any atom is 0.414 e. The van der Waals surface area contributed by atoms with E-state index in [1.54, 1.807) is 36.7 Å². The van der Waals surface area contributed by atoms with Crippen LogP contribution in [0.15, 0.2) is 48.8 Å². The second-order valence-electron chi connectivity index (χ2n) is 8.13. The van der Waals surface area contributed by atoms with Gasteiger partial charge in [-0.15, -0.1) is 0 Å². The molecule has 1 atom stereocenters. The average molecular weight is 515 g/mol. The standard InChI is InChI=1S/C24H27FN6O4S/c1-34-23(36)27-15-19-16-30(24(33)35-19)18-5-6-21(20(25)13-18)29-10-9-28-31(12-11-29)22(32)7-4-17-3-2-8-26-14-17/h2-8,13-14,19,28H,9-12,15-16H2,1H3,(H,27,36)/b7-4+/t19-/m0/s1. The highest BCUT2D eigenvalue weighted by atomic mass is 32.1. The quantitative estimate of drug-likeness (QED) is 0.443. The van der Waals surface area contributed by atoms with Gasteiger partial charge >= 0.3 is 6.09 Å². The zero-order valence-corrected chi connectivity index (χ0v) is 20.5. The van der Waals surface area contributed by atoms with Crippen molar-refractivity contribution in [3.8, 4) is 0 Å². The number of pyridine rings is 1. The molecule has 0 bridgehead atoms. The molecule has 3 heterocycles. The molecule has 12 heteroatoms. The summed E-state index contributed by atoms with van der Waals surface area (Å²) in [6, 6.07) is 8.31. The third-order valence-corrected chi connectivity index (χ3v) is 6.07. The van der Waals surface area contributed by atoms with Gasteiger partial charge in [0, 0.05) is 38.1 Å². The fraction of sp³-hybridized carbons (Fsp3) is 0.333. The van der Waals surface area contributed by atoms with Gasteiger partial charge in [-0.05, 0) is 48.1 Å². The number of methoxy groups -OCH3 is 1. The minimum absolute atomic E-state index is 0.195. The van der Waals surface area contributed by atoms with Crippen molar-refractivity contribution in [2.75, 3.05) is 56.2 Å². The second kappa shape index (κ2) is 11.8. The fourth-order valence-corrected chi connectivity index (χ4v) is 4.00. The lowest BCUT2D eigenvalue weighted by Gasteiger charge is -2.24. The van der Waals surface area contributed by atoms with Crippen molar-refractivity contribution in [2.45, 2.75) is 6.10 Å². The predicted molar refractivity (Wildman–Crippen MR) is 137 cm³/mol. The molecule has 0 saturated carbocycles. The average Bonchev–Trinajstić information content (AvgIpc) is 3.09. The van der Waals surface area contributed by atoms with Crippen LogP contribution in [0.5, 0.6) is 0 Å². The number of amides is 2. The molecule has 2 aliphatic heterocycles. The number of anilines is 2. The number of carbonyl (C=O) groups is 2. The lowest BCUT2D eigenvalue weighted by Crippen LogP contribution is -2.42. The van der Waals surface area contributed by atoms with Crippen LogP contribution in [-0.2, 0) is 14.3 Å². The van der Waals surface area contributed by atoms with Crippen LogP contribution in [0.1, 0.15) is 5.56 Å². The van der Waals surface area contributed by atoms with Crippen LogP contribution in [0.3, 0.4) is 0 Å². The molecular formula is C24H27FN6O4S. The number of halogens is 1. The highest BCUT2D eigenvalue weighted by Gasteiger charge is 2.33. The minimum Gasteiger partial charge on any atom is -0.474 e. The van der Waals surface area contributed by atoms with Crippen molar-refractivity contribution in [2.24, 2.45) is 0 Å². The van der Waals surface area contributed by atoms with Gasteiger partial charge in [0.05, 0.1) is 38.1 Å². The molecule has 2 saturated heterocycles. The van der Waals surface area contributed by atoms with Gasteiger partial charge in [0.25, 0.3) is 11.1 Å². The summed E-state index contributed by atoms with van der Waals surface area (Å²) in [5.41, 5.74) is 4.72. The number of hydrogen-bond acceptors (Lipinski definition) is 8. The van der Waals surface area contributed by atoms with E-state index in [1.807, 2.05) is 11.0 Å². The van der Waals surface area contributed by atoms with Crippen LogP contribution in [0.2, 0.25) is 0 Å². The Bertz CT molecular complexity index is 1130. The first-order chi connectivity index (χ1) is 17.4. The third-order valence-electron chi connectivity index (χ3n) is 5.76. The van der Waals surface area contributed by atoms with Crippen molar-refractivity contribution >= 4 is 46.8 Å². The van der Waals surface area contributed by atoms with E-state index in [9.17, 15) is 9.59 Å². The summed E-state index contributed by atoms with van der Waals surface area (Å²) in [6.45, 7) is 2.33. The molecule has 2 fully saturated rings. The van der Waals surface area contributed by atoms with E-state index < -0.39 is 18.0 Å². The van der Waals surface area contributed by atoms with E-state index in [0.717, 1.165) is 5.56 Å². The molecule has 190 valence electrons. The molecule has 0 aliphatic carbocycles. The second-order valence-corrected chi connectivity index (χ2v) is 8.50. The number of benzene rings is 1.